The maximum absolute atomic E-state index is 13.9. The fourth-order valence-electron chi connectivity index (χ4n) is 1.78. The highest BCUT2D eigenvalue weighted by Crippen LogP contribution is 2.26. The third-order valence-corrected chi connectivity index (χ3v) is 4.64. The predicted molar refractivity (Wildman–Crippen MR) is 78.8 cm³/mol. The highest BCUT2D eigenvalue weighted by atomic mass is 35.5. The van der Waals surface area contributed by atoms with Crippen LogP contribution in [0, 0.1) is 5.82 Å². The van der Waals surface area contributed by atoms with E-state index in [9.17, 15) is 12.8 Å². The molecule has 1 unspecified atom stereocenters. The largest absolute Gasteiger partial charge is 0.399 e. The predicted octanol–water partition coefficient (Wildman–Crippen LogP) is 2.50. The molecule has 0 fully saturated rings. The second-order valence-corrected chi connectivity index (χ2v) is 6.53. The molecule has 0 aliphatic heterocycles. The smallest absolute Gasteiger partial charge is 0.244 e. The van der Waals surface area contributed by atoms with Crippen LogP contribution in [0.1, 0.15) is 18.5 Å². The van der Waals surface area contributed by atoms with Crippen LogP contribution in [-0.2, 0) is 10.0 Å². The van der Waals surface area contributed by atoms with Gasteiger partial charge in [0.25, 0.3) is 0 Å². The lowest BCUT2D eigenvalue weighted by Gasteiger charge is -2.15. The number of nitrogens with two attached hydrogens (primary N) is 1. The zero-order valence-corrected chi connectivity index (χ0v) is 12.6. The molecule has 0 saturated carbocycles. The summed E-state index contributed by atoms with van der Waals surface area (Å²) in [5.74, 6) is -1.03. The number of rotatable bonds is 4. The summed E-state index contributed by atoms with van der Waals surface area (Å²) in [5, 5.41) is -0.343. The van der Waals surface area contributed by atoms with Crippen molar-refractivity contribution in [3.05, 3.63) is 53.1 Å². The molecule has 0 bridgehead atoms. The van der Waals surface area contributed by atoms with E-state index in [2.05, 4.69) is 9.71 Å². The number of hydrogen-bond donors (Lipinski definition) is 2. The van der Waals surface area contributed by atoms with Crippen LogP contribution in [-0.4, -0.2) is 13.4 Å². The van der Waals surface area contributed by atoms with Crippen LogP contribution in [0.4, 0.5) is 10.1 Å². The summed E-state index contributed by atoms with van der Waals surface area (Å²) < 4.78 is 40.8. The van der Waals surface area contributed by atoms with E-state index in [1.165, 1.54) is 6.20 Å². The Kier molecular flexibility index (Phi) is 4.46. The number of sulfonamides is 1. The van der Waals surface area contributed by atoms with E-state index in [1.807, 2.05) is 0 Å². The normalized spacial score (nSPS) is 13.1. The summed E-state index contributed by atoms with van der Waals surface area (Å²) in [5.41, 5.74) is 6.23. The van der Waals surface area contributed by atoms with Gasteiger partial charge in [0.15, 0.2) is 5.82 Å². The van der Waals surface area contributed by atoms with E-state index in [0.717, 1.165) is 12.1 Å². The Hall–Kier alpha value is -1.70. The first kappa shape index (κ1) is 15.7. The number of anilines is 1. The Morgan fingerprint density at radius 3 is 2.76 bits per heavy atom. The lowest BCUT2D eigenvalue weighted by molar-refractivity contribution is 0.547. The molecule has 1 aromatic carbocycles. The molecule has 8 heteroatoms. The van der Waals surface area contributed by atoms with E-state index in [0.29, 0.717) is 5.56 Å². The topological polar surface area (TPSA) is 85.1 Å². The van der Waals surface area contributed by atoms with Crippen molar-refractivity contribution in [1.29, 1.82) is 0 Å². The minimum atomic E-state index is -4.10. The van der Waals surface area contributed by atoms with Crippen molar-refractivity contribution in [2.24, 2.45) is 0 Å². The molecule has 2 aromatic rings. The lowest BCUT2D eigenvalue weighted by atomic mass is 10.2. The highest BCUT2D eigenvalue weighted by Gasteiger charge is 2.24. The minimum absolute atomic E-state index is 0.0656. The molecular formula is C13H13ClFN3O2S. The molecule has 0 saturated heterocycles. The molecule has 0 aliphatic rings. The van der Waals surface area contributed by atoms with Gasteiger partial charge in [0.05, 0.1) is 5.02 Å². The molecule has 21 heavy (non-hydrogen) atoms. The van der Waals surface area contributed by atoms with Gasteiger partial charge in [0.2, 0.25) is 10.0 Å². The van der Waals surface area contributed by atoms with Crippen molar-refractivity contribution in [2.75, 3.05) is 5.73 Å². The third-order valence-electron chi connectivity index (χ3n) is 2.82. The second kappa shape index (κ2) is 5.97. The number of nitrogens with zero attached hydrogens (tertiary/aromatic N) is 1. The Balaban J connectivity index is 2.35. The number of benzene rings is 1. The van der Waals surface area contributed by atoms with Crippen LogP contribution in [0.3, 0.4) is 0 Å². The number of pyridine rings is 1. The molecule has 3 N–H and O–H groups in total. The van der Waals surface area contributed by atoms with E-state index in [-0.39, 0.29) is 10.7 Å². The first-order valence-electron chi connectivity index (χ1n) is 5.98. The monoisotopic (exact) mass is 329 g/mol. The highest BCUT2D eigenvalue weighted by molar-refractivity contribution is 7.89. The third kappa shape index (κ3) is 3.49. The molecule has 0 aliphatic carbocycles. The van der Waals surface area contributed by atoms with Gasteiger partial charge >= 0.3 is 0 Å². The van der Waals surface area contributed by atoms with Crippen LogP contribution >= 0.6 is 11.6 Å². The fraction of sp³-hybridized carbons (Fsp3) is 0.154. The molecule has 2 rings (SSSR count). The summed E-state index contributed by atoms with van der Waals surface area (Å²) >= 11 is 5.62. The van der Waals surface area contributed by atoms with Crippen LogP contribution in [0.5, 0.6) is 0 Å². The average molecular weight is 330 g/mol. The van der Waals surface area contributed by atoms with Crippen LogP contribution in [0.2, 0.25) is 5.02 Å². The lowest BCUT2D eigenvalue weighted by Crippen LogP contribution is -2.28. The molecule has 112 valence electrons. The summed E-state index contributed by atoms with van der Waals surface area (Å²) in [4.78, 5) is 3.32. The van der Waals surface area contributed by atoms with Gasteiger partial charge in [0.1, 0.15) is 4.90 Å². The molecule has 0 radical (unpaired) electrons. The Morgan fingerprint density at radius 1 is 1.43 bits per heavy atom. The van der Waals surface area contributed by atoms with E-state index >= 15 is 0 Å². The van der Waals surface area contributed by atoms with Crippen LogP contribution in [0.15, 0.2) is 41.6 Å². The van der Waals surface area contributed by atoms with Crippen LogP contribution in [0.25, 0.3) is 0 Å². The maximum atomic E-state index is 13.9. The number of halogens is 2. The molecule has 0 amide bonds. The van der Waals surface area contributed by atoms with Gasteiger partial charge in [-0.1, -0.05) is 17.7 Å². The maximum Gasteiger partial charge on any atom is 0.244 e. The van der Waals surface area contributed by atoms with Gasteiger partial charge in [0, 0.05) is 24.1 Å². The van der Waals surface area contributed by atoms with Gasteiger partial charge < -0.3 is 5.73 Å². The second-order valence-electron chi connectivity index (χ2n) is 4.44. The van der Waals surface area contributed by atoms with E-state index < -0.39 is 26.8 Å². The molecule has 1 aromatic heterocycles. The minimum Gasteiger partial charge on any atom is -0.399 e. The molecule has 5 nitrogen and oxygen atoms in total. The van der Waals surface area contributed by atoms with Crippen molar-refractivity contribution in [3.63, 3.8) is 0 Å². The number of nitrogen functional groups attached to an aromatic ring is 1. The van der Waals surface area contributed by atoms with Crippen molar-refractivity contribution >= 4 is 27.3 Å². The van der Waals surface area contributed by atoms with Gasteiger partial charge in [-0.25, -0.2) is 17.5 Å². The van der Waals surface area contributed by atoms with Gasteiger partial charge in [-0.2, -0.15) is 0 Å². The van der Waals surface area contributed by atoms with Gasteiger partial charge in [-0.05, 0) is 30.7 Å². The standard InChI is InChI=1S/C13H13ClFN3O2S/c1-8(9-3-2-4-17-7-9)18-21(19,20)12-6-10(16)5-11(14)13(12)15/h2-8,18H,16H2,1H3. The summed E-state index contributed by atoms with van der Waals surface area (Å²) in [7, 11) is -4.10. The zero-order chi connectivity index (χ0) is 15.6. The van der Waals surface area contributed by atoms with Gasteiger partial charge in [-0.3, -0.25) is 4.98 Å². The number of nitrogens with one attached hydrogen (secondary N) is 1. The van der Waals surface area contributed by atoms with Crippen LogP contribution < -0.4 is 10.5 Å². The Labute approximate surface area is 127 Å². The summed E-state index contributed by atoms with van der Waals surface area (Å²) in [6, 6.07) is 4.99. The van der Waals surface area contributed by atoms with Gasteiger partial charge in [-0.15, -0.1) is 0 Å². The SMILES string of the molecule is CC(NS(=O)(=O)c1cc(N)cc(Cl)c1F)c1cccnc1. The van der Waals surface area contributed by atoms with E-state index in [4.69, 9.17) is 17.3 Å². The first-order valence-corrected chi connectivity index (χ1v) is 7.84. The van der Waals surface area contributed by atoms with E-state index in [1.54, 1.807) is 25.3 Å². The first-order chi connectivity index (χ1) is 9.81. The molecule has 1 atom stereocenters. The Bertz CT molecular complexity index is 754. The van der Waals surface area contributed by atoms with Crippen molar-refractivity contribution in [1.82, 2.24) is 9.71 Å². The molecular weight excluding hydrogens is 317 g/mol. The number of aromatic nitrogens is 1. The molecule has 0 spiro atoms. The molecule has 1 heterocycles. The summed E-state index contributed by atoms with van der Waals surface area (Å²) in [6.07, 6.45) is 3.10. The zero-order valence-electron chi connectivity index (χ0n) is 11.0. The average Bonchev–Trinajstić information content (AvgIpc) is 2.43. The van der Waals surface area contributed by atoms with Crippen molar-refractivity contribution in [2.45, 2.75) is 17.9 Å². The van der Waals surface area contributed by atoms with Crippen molar-refractivity contribution in [3.8, 4) is 0 Å². The Morgan fingerprint density at radius 2 is 2.14 bits per heavy atom. The summed E-state index contributed by atoms with van der Waals surface area (Å²) in [6.45, 7) is 1.63. The fourth-order valence-corrected chi connectivity index (χ4v) is 3.43. The quantitative estimate of drug-likeness (QED) is 0.844. The van der Waals surface area contributed by atoms with Crippen molar-refractivity contribution < 1.29 is 12.8 Å². The number of hydrogen-bond acceptors (Lipinski definition) is 4.